The van der Waals surface area contributed by atoms with Gasteiger partial charge in [-0.3, -0.25) is 0 Å². The van der Waals surface area contributed by atoms with E-state index in [2.05, 4.69) is 0 Å². The summed E-state index contributed by atoms with van der Waals surface area (Å²) in [5.74, 6) is -0.302. The molecule has 6 heteroatoms. The first kappa shape index (κ1) is 12.8. The Labute approximate surface area is 89.8 Å². The third-order valence-corrected chi connectivity index (χ3v) is 2.12. The van der Waals surface area contributed by atoms with E-state index in [9.17, 15) is 23.4 Å². The van der Waals surface area contributed by atoms with E-state index in [1.165, 1.54) is 24.3 Å². The van der Waals surface area contributed by atoms with Gasteiger partial charge in [-0.25, -0.2) is 0 Å². The van der Waals surface area contributed by atoms with Crippen molar-refractivity contribution in [2.45, 2.75) is 24.8 Å². The lowest BCUT2D eigenvalue weighted by Gasteiger charge is -2.18. The van der Waals surface area contributed by atoms with Crippen molar-refractivity contribution >= 4 is 0 Å². The van der Waals surface area contributed by atoms with Gasteiger partial charge in [0.2, 0.25) is 0 Å². The van der Waals surface area contributed by atoms with Crippen LogP contribution in [0.15, 0.2) is 24.3 Å². The summed E-state index contributed by atoms with van der Waals surface area (Å²) in [6, 6.07) is 5.49. The summed E-state index contributed by atoms with van der Waals surface area (Å²) in [7, 11) is 0. The van der Waals surface area contributed by atoms with E-state index < -0.39 is 24.8 Å². The minimum atomic E-state index is -4.77. The Kier molecular flexibility index (Phi) is 3.77. The van der Waals surface area contributed by atoms with Crippen molar-refractivity contribution in [3.8, 4) is 5.75 Å². The van der Waals surface area contributed by atoms with Gasteiger partial charge in [-0.2, -0.15) is 13.2 Å². The van der Waals surface area contributed by atoms with Gasteiger partial charge >= 0.3 is 6.18 Å². The summed E-state index contributed by atoms with van der Waals surface area (Å²) in [6.45, 7) is 0. The van der Waals surface area contributed by atoms with E-state index in [1.54, 1.807) is 0 Å². The monoisotopic (exact) mass is 236 g/mol. The average Bonchev–Trinajstić information content (AvgIpc) is 2.16. The number of phenols is 1. The standard InChI is InChI=1S/C10H11F3O3/c11-10(12,13)9(16)5-8(15)6-3-1-2-4-7(6)14/h1-4,8-9,14-16H,5H2/t8-,9-/m0/s1. The summed E-state index contributed by atoms with van der Waals surface area (Å²) in [6.07, 6.45) is -9.84. The summed E-state index contributed by atoms with van der Waals surface area (Å²) < 4.78 is 36.0. The Hall–Kier alpha value is -1.27. The summed E-state index contributed by atoms with van der Waals surface area (Å²) in [4.78, 5) is 0. The fraction of sp³-hybridized carbons (Fsp3) is 0.400. The quantitative estimate of drug-likeness (QED) is 0.749. The third kappa shape index (κ3) is 3.11. The van der Waals surface area contributed by atoms with Gasteiger partial charge in [-0.05, 0) is 6.07 Å². The Morgan fingerprint density at radius 2 is 1.69 bits per heavy atom. The maximum atomic E-state index is 12.0. The predicted molar refractivity (Wildman–Crippen MR) is 49.7 cm³/mol. The third-order valence-electron chi connectivity index (χ3n) is 2.12. The van der Waals surface area contributed by atoms with Crippen molar-refractivity contribution in [3.63, 3.8) is 0 Å². The fourth-order valence-corrected chi connectivity index (χ4v) is 1.24. The molecule has 3 N–H and O–H groups in total. The van der Waals surface area contributed by atoms with Crippen molar-refractivity contribution < 1.29 is 28.5 Å². The minimum absolute atomic E-state index is 0.0363. The number of hydrogen-bond acceptors (Lipinski definition) is 3. The van der Waals surface area contributed by atoms with Crippen molar-refractivity contribution in [3.05, 3.63) is 29.8 Å². The van der Waals surface area contributed by atoms with Crippen LogP contribution in [0.25, 0.3) is 0 Å². The second-order valence-electron chi connectivity index (χ2n) is 3.37. The van der Waals surface area contributed by atoms with E-state index in [1.807, 2.05) is 0 Å². The molecule has 0 saturated carbocycles. The number of aliphatic hydroxyl groups is 2. The van der Waals surface area contributed by atoms with E-state index in [0.29, 0.717) is 0 Å². The second kappa shape index (κ2) is 4.71. The van der Waals surface area contributed by atoms with Gasteiger partial charge in [-0.15, -0.1) is 0 Å². The number of benzene rings is 1. The van der Waals surface area contributed by atoms with Crippen molar-refractivity contribution in [2.24, 2.45) is 0 Å². The molecular formula is C10H11F3O3. The molecule has 0 bridgehead atoms. The van der Waals surface area contributed by atoms with Crippen molar-refractivity contribution in [1.29, 1.82) is 0 Å². The molecule has 0 aliphatic heterocycles. The molecule has 3 nitrogen and oxygen atoms in total. The zero-order valence-corrected chi connectivity index (χ0v) is 8.15. The molecular weight excluding hydrogens is 225 g/mol. The Balaban J connectivity index is 2.73. The van der Waals surface area contributed by atoms with Crippen LogP contribution in [0.3, 0.4) is 0 Å². The molecule has 0 saturated heterocycles. The number of aromatic hydroxyl groups is 1. The first-order chi connectivity index (χ1) is 7.32. The minimum Gasteiger partial charge on any atom is -0.508 e. The average molecular weight is 236 g/mol. The molecule has 2 atom stereocenters. The fourth-order valence-electron chi connectivity index (χ4n) is 1.24. The lowest BCUT2D eigenvalue weighted by molar-refractivity contribution is -0.211. The SMILES string of the molecule is Oc1ccccc1[C@@H](O)C[C@H](O)C(F)(F)F. The van der Waals surface area contributed by atoms with Crippen molar-refractivity contribution in [1.82, 2.24) is 0 Å². The molecule has 0 radical (unpaired) electrons. The van der Waals surface area contributed by atoms with Crippen LogP contribution in [0.1, 0.15) is 18.1 Å². The zero-order valence-electron chi connectivity index (χ0n) is 8.15. The van der Waals surface area contributed by atoms with Gasteiger partial charge in [0, 0.05) is 12.0 Å². The molecule has 90 valence electrons. The predicted octanol–water partition coefficient (Wildman–Crippen LogP) is 1.74. The molecule has 1 aromatic carbocycles. The molecule has 0 fully saturated rings. The number of alkyl halides is 3. The van der Waals surface area contributed by atoms with Gasteiger partial charge in [0.15, 0.2) is 6.10 Å². The summed E-state index contributed by atoms with van der Waals surface area (Å²) in [5.41, 5.74) is -0.0363. The van der Waals surface area contributed by atoms with Crippen LogP contribution >= 0.6 is 0 Å². The van der Waals surface area contributed by atoms with Crippen LogP contribution in [-0.4, -0.2) is 27.6 Å². The molecule has 1 rings (SSSR count). The lowest BCUT2D eigenvalue weighted by Crippen LogP contribution is -2.30. The normalized spacial score (nSPS) is 15.8. The number of halogens is 3. The highest BCUT2D eigenvalue weighted by Gasteiger charge is 2.39. The van der Waals surface area contributed by atoms with Gasteiger partial charge in [0.1, 0.15) is 5.75 Å². The van der Waals surface area contributed by atoms with E-state index in [4.69, 9.17) is 5.11 Å². The summed E-state index contributed by atoms with van der Waals surface area (Å²) in [5, 5.41) is 27.4. The molecule has 0 aromatic heterocycles. The maximum Gasteiger partial charge on any atom is 0.414 e. The molecule has 0 amide bonds. The molecule has 0 aliphatic rings. The van der Waals surface area contributed by atoms with E-state index >= 15 is 0 Å². The molecule has 16 heavy (non-hydrogen) atoms. The number of phenolic OH excluding ortho intramolecular Hbond substituents is 1. The molecule has 0 aliphatic carbocycles. The molecule has 0 heterocycles. The smallest absolute Gasteiger partial charge is 0.414 e. The maximum absolute atomic E-state index is 12.0. The van der Waals surface area contributed by atoms with Gasteiger partial charge in [-0.1, -0.05) is 18.2 Å². The zero-order chi connectivity index (χ0) is 12.3. The van der Waals surface area contributed by atoms with Crippen LogP contribution in [-0.2, 0) is 0 Å². The van der Waals surface area contributed by atoms with Crippen LogP contribution in [0, 0.1) is 0 Å². The van der Waals surface area contributed by atoms with Crippen LogP contribution < -0.4 is 0 Å². The first-order valence-electron chi connectivity index (χ1n) is 4.53. The van der Waals surface area contributed by atoms with Crippen LogP contribution in [0.5, 0.6) is 5.75 Å². The van der Waals surface area contributed by atoms with Crippen LogP contribution in [0.4, 0.5) is 13.2 Å². The summed E-state index contributed by atoms with van der Waals surface area (Å²) >= 11 is 0. The first-order valence-corrected chi connectivity index (χ1v) is 4.53. The Morgan fingerprint density at radius 3 is 2.19 bits per heavy atom. The van der Waals surface area contributed by atoms with E-state index in [-0.39, 0.29) is 11.3 Å². The van der Waals surface area contributed by atoms with Crippen molar-refractivity contribution in [2.75, 3.05) is 0 Å². The molecule has 1 aromatic rings. The van der Waals surface area contributed by atoms with E-state index in [0.717, 1.165) is 0 Å². The van der Waals surface area contributed by atoms with Crippen LogP contribution in [0.2, 0.25) is 0 Å². The molecule has 0 unspecified atom stereocenters. The Bertz CT molecular complexity index is 351. The topological polar surface area (TPSA) is 60.7 Å². The number of rotatable bonds is 3. The lowest BCUT2D eigenvalue weighted by atomic mass is 10.0. The van der Waals surface area contributed by atoms with Gasteiger partial charge in [0.25, 0.3) is 0 Å². The Morgan fingerprint density at radius 1 is 1.12 bits per heavy atom. The van der Waals surface area contributed by atoms with Gasteiger partial charge < -0.3 is 15.3 Å². The number of hydrogen-bond donors (Lipinski definition) is 3. The number of para-hydroxylation sites is 1. The number of aliphatic hydroxyl groups excluding tert-OH is 2. The van der Waals surface area contributed by atoms with Gasteiger partial charge in [0.05, 0.1) is 6.10 Å². The largest absolute Gasteiger partial charge is 0.508 e. The highest BCUT2D eigenvalue weighted by molar-refractivity contribution is 5.33. The second-order valence-corrected chi connectivity index (χ2v) is 3.37. The molecule has 0 spiro atoms. The highest BCUT2D eigenvalue weighted by atomic mass is 19.4. The highest BCUT2D eigenvalue weighted by Crippen LogP contribution is 2.31.